The van der Waals surface area contributed by atoms with Crippen LogP contribution in [0.1, 0.15) is 19.3 Å². The van der Waals surface area contributed by atoms with Gasteiger partial charge in [-0.15, -0.1) is 12.4 Å². The summed E-state index contributed by atoms with van der Waals surface area (Å²) >= 11 is 0. The average molecular weight is 240 g/mol. The second kappa shape index (κ2) is 3.54. The monoisotopic (exact) mass is 239 g/mol. The van der Waals surface area contributed by atoms with E-state index in [-0.39, 0.29) is 18.5 Å². The maximum Gasteiger partial charge on any atom is 0.261 e. The number of nitrogens with one attached hydrogen (secondary N) is 1. The van der Waals surface area contributed by atoms with E-state index in [2.05, 4.69) is 5.32 Å². The molecule has 2 nitrogen and oxygen atoms in total. The Morgan fingerprint density at radius 3 is 2.67 bits per heavy atom. The molecule has 1 N–H and O–H groups in total. The molecule has 0 aromatic rings. The molecule has 5 heteroatoms. The van der Waals surface area contributed by atoms with Crippen molar-refractivity contribution in [3.8, 4) is 0 Å². The Morgan fingerprint density at radius 2 is 2.13 bits per heavy atom. The van der Waals surface area contributed by atoms with Gasteiger partial charge in [0.15, 0.2) is 0 Å². The summed E-state index contributed by atoms with van der Waals surface area (Å²) in [5, 5.41) is 3.05. The molecule has 1 saturated carbocycles. The van der Waals surface area contributed by atoms with Crippen LogP contribution in [0.25, 0.3) is 0 Å². The van der Waals surface area contributed by atoms with Gasteiger partial charge in [0, 0.05) is 13.2 Å². The summed E-state index contributed by atoms with van der Waals surface area (Å²) in [7, 11) is 0. The highest BCUT2D eigenvalue weighted by Crippen LogP contribution is 2.71. The summed E-state index contributed by atoms with van der Waals surface area (Å²) in [4.78, 5) is 0. The molecular formula is C10H16ClF2NO. The molecular weight excluding hydrogens is 224 g/mol. The zero-order valence-corrected chi connectivity index (χ0v) is 9.29. The van der Waals surface area contributed by atoms with Crippen LogP contribution in [0.15, 0.2) is 0 Å². The molecule has 2 aliphatic heterocycles. The summed E-state index contributed by atoms with van der Waals surface area (Å²) < 4.78 is 32.8. The molecule has 0 aromatic carbocycles. The van der Waals surface area contributed by atoms with Crippen molar-refractivity contribution >= 4 is 12.4 Å². The van der Waals surface area contributed by atoms with Crippen molar-refractivity contribution in [3.63, 3.8) is 0 Å². The number of halogens is 3. The second-order valence-corrected chi connectivity index (χ2v) is 4.74. The Kier molecular flexibility index (Phi) is 2.72. The number of alkyl halides is 2. The van der Waals surface area contributed by atoms with Gasteiger partial charge < -0.3 is 10.1 Å². The van der Waals surface area contributed by atoms with Crippen LogP contribution in [0.4, 0.5) is 8.78 Å². The molecule has 0 bridgehead atoms. The Balaban J connectivity index is 0.000000853. The lowest BCUT2D eigenvalue weighted by Gasteiger charge is -2.09. The smallest absolute Gasteiger partial charge is 0.261 e. The zero-order valence-electron chi connectivity index (χ0n) is 8.47. The van der Waals surface area contributed by atoms with E-state index < -0.39 is 17.3 Å². The van der Waals surface area contributed by atoms with Crippen molar-refractivity contribution in [2.45, 2.75) is 31.3 Å². The van der Waals surface area contributed by atoms with Crippen molar-refractivity contribution in [1.82, 2.24) is 5.32 Å². The summed E-state index contributed by atoms with van der Waals surface area (Å²) in [5.41, 5.74) is -0.748. The minimum Gasteiger partial charge on any atom is -0.378 e. The Bertz CT molecular complexity index is 250. The van der Waals surface area contributed by atoms with Crippen molar-refractivity contribution in [1.29, 1.82) is 0 Å². The summed E-state index contributed by atoms with van der Waals surface area (Å²) in [6.45, 7) is 1.88. The van der Waals surface area contributed by atoms with Crippen LogP contribution in [0.5, 0.6) is 0 Å². The number of rotatable bonds is 1. The highest BCUT2D eigenvalue weighted by molar-refractivity contribution is 5.85. The summed E-state index contributed by atoms with van der Waals surface area (Å²) in [6, 6.07) is 0. The normalized spacial score (nSPS) is 46.8. The van der Waals surface area contributed by atoms with E-state index in [4.69, 9.17) is 4.74 Å². The molecule has 1 aliphatic carbocycles. The van der Waals surface area contributed by atoms with Crippen molar-refractivity contribution in [3.05, 3.63) is 0 Å². The molecule has 0 radical (unpaired) electrons. The molecule has 1 spiro atoms. The van der Waals surface area contributed by atoms with Gasteiger partial charge in [0.25, 0.3) is 5.92 Å². The first-order valence-corrected chi connectivity index (χ1v) is 5.39. The predicted molar refractivity (Wildman–Crippen MR) is 54.6 cm³/mol. The van der Waals surface area contributed by atoms with E-state index in [0.29, 0.717) is 19.6 Å². The minimum absolute atomic E-state index is 0. The lowest BCUT2D eigenvalue weighted by atomic mass is 9.99. The molecule has 3 aliphatic rings. The highest BCUT2D eigenvalue weighted by Gasteiger charge is 2.82. The van der Waals surface area contributed by atoms with Crippen LogP contribution in [-0.2, 0) is 4.74 Å². The fourth-order valence-corrected chi connectivity index (χ4v) is 3.26. The van der Waals surface area contributed by atoms with E-state index in [9.17, 15) is 8.78 Å². The van der Waals surface area contributed by atoms with Gasteiger partial charge in [-0.1, -0.05) is 0 Å². The molecule has 0 amide bonds. The van der Waals surface area contributed by atoms with Gasteiger partial charge in [-0.05, 0) is 25.8 Å². The molecule has 2 saturated heterocycles. The largest absolute Gasteiger partial charge is 0.378 e. The highest BCUT2D eigenvalue weighted by atomic mass is 35.5. The third kappa shape index (κ3) is 1.34. The Morgan fingerprint density at radius 1 is 1.33 bits per heavy atom. The van der Waals surface area contributed by atoms with E-state index in [1.807, 2.05) is 0 Å². The lowest BCUT2D eigenvalue weighted by molar-refractivity contribution is 0.0262. The van der Waals surface area contributed by atoms with Gasteiger partial charge in [-0.2, -0.15) is 0 Å². The van der Waals surface area contributed by atoms with E-state index in [0.717, 1.165) is 19.4 Å². The van der Waals surface area contributed by atoms with Crippen LogP contribution < -0.4 is 5.32 Å². The van der Waals surface area contributed by atoms with Crippen molar-refractivity contribution < 1.29 is 13.5 Å². The maximum atomic E-state index is 13.7. The van der Waals surface area contributed by atoms with Crippen molar-refractivity contribution in [2.24, 2.45) is 11.3 Å². The van der Waals surface area contributed by atoms with Crippen LogP contribution >= 0.6 is 12.4 Å². The topological polar surface area (TPSA) is 21.3 Å². The molecule has 0 aromatic heterocycles. The zero-order chi connectivity index (χ0) is 9.81. The van der Waals surface area contributed by atoms with Crippen LogP contribution in [0.3, 0.4) is 0 Å². The molecule has 2 heterocycles. The summed E-state index contributed by atoms with van der Waals surface area (Å²) in [6.07, 6.45) is 2.21. The van der Waals surface area contributed by atoms with Crippen LogP contribution in [0, 0.1) is 11.3 Å². The number of hydrogen-bond acceptors (Lipinski definition) is 2. The van der Waals surface area contributed by atoms with E-state index in [1.54, 1.807) is 0 Å². The fourth-order valence-electron chi connectivity index (χ4n) is 3.26. The molecule has 3 unspecified atom stereocenters. The SMILES string of the molecule is Cl.FC1(F)C(C2CCCO2)C12CCNC2. The maximum absolute atomic E-state index is 13.7. The Hall–Kier alpha value is 0.0700. The van der Waals surface area contributed by atoms with E-state index >= 15 is 0 Å². The van der Waals surface area contributed by atoms with Crippen LogP contribution in [0.2, 0.25) is 0 Å². The third-order valence-corrected chi connectivity index (χ3v) is 4.09. The molecule has 3 fully saturated rings. The number of hydrogen-bond donors (Lipinski definition) is 1. The summed E-state index contributed by atoms with van der Waals surface area (Å²) in [5.74, 6) is -2.99. The number of ether oxygens (including phenoxy) is 1. The van der Waals surface area contributed by atoms with Crippen molar-refractivity contribution in [2.75, 3.05) is 19.7 Å². The fraction of sp³-hybridized carbons (Fsp3) is 1.00. The van der Waals surface area contributed by atoms with Crippen LogP contribution in [-0.4, -0.2) is 31.7 Å². The molecule has 15 heavy (non-hydrogen) atoms. The minimum atomic E-state index is -2.48. The molecule has 3 rings (SSSR count). The average Bonchev–Trinajstić information content (AvgIpc) is 2.64. The predicted octanol–water partition coefficient (Wildman–Crippen LogP) is 1.83. The lowest BCUT2D eigenvalue weighted by Crippen LogP contribution is -2.17. The standard InChI is InChI=1S/C10H15F2NO.ClH/c11-10(12)8(7-2-1-5-14-7)9(10)3-4-13-6-9;/h7-8,13H,1-6H2;1H. The first-order chi connectivity index (χ1) is 6.68. The third-order valence-electron chi connectivity index (χ3n) is 4.09. The first-order valence-electron chi connectivity index (χ1n) is 5.39. The van der Waals surface area contributed by atoms with Gasteiger partial charge in [0.05, 0.1) is 17.4 Å². The molecule has 3 atom stereocenters. The van der Waals surface area contributed by atoms with Gasteiger partial charge in [-0.3, -0.25) is 0 Å². The second-order valence-electron chi connectivity index (χ2n) is 4.74. The van der Waals surface area contributed by atoms with Gasteiger partial charge >= 0.3 is 0 Å². The first kappa shape index (κ1) is 11.6. The van der Waals surface area contributed by atoms with E-state index in [1.165, 1.54) is 0 Å². The molecule has 88 valence electrons. The van der Waals surface area contributed by atoms with Gasteiger partial charge in [0.2, 0.25) is 0 Å². The van der Waals surface area contributed by atoms with Gasteiger partial charge in [0.1, 0.15) is 0 Å². The quantitative estimate of drug-likeness (QED) is 0.754. The Labute approximate surface area is 94.2 Å². The van der Waals surface area contributed by atoms with Gasteiger partial charge in [-0.25, -0.2) is 8.78 Å².